The summed E-state index contributed by atoms with van der Waals surface area (Å²) in [5.74, 6) is 0.813. The molecule has 0 spiro atoms. The van der Waals surface area contributed by atoms with E-state index in [1.165, 1.54) is 44.9 Å². The fourth-order valence-corrected chi connectivity index (χ4v) is 5.33. The van der Waals surface area contributed by atoms with E-state index in [9.17, 15) is 9.59 Å². The summed E-state index contributed by atoms with van der Waals surface area (Å²) in [4.78, 5) is 29.4. The quantitative estimate of drug-likeness (QED) is 0.252. The predicted molar refractivity (Wildman–Crippen MR) is 154 cm³/mol. The first kappa shape index (κ1) is 30.2. The molecule has 2 rings (SSSR count). The van der Waals surface area contributed by atoms with Gasteiger partial charge in [0.05, 0.1) is 0 Å². The van der Waals surface area contributed by atoms with Crippen molar-refractivity contribution in [3.63, 3.8) is 0 Å². The Hall–Kier alpha value is -2.04. The van der Waals surface area contributed by atoms with Gasteiger partial charge in [0.25, 0.3) is 0 Å². The van der Waals surface area contributed by atoms with Crippen LogP contribution in [0, 0.1) is 11.3 Å². The number of anilines is 2. The third-order valence-corrected chi connectivity index (χ3v) is 7.14. The van der Waals surface area contributed by atoms with Crippen molar-refractivity contribution in [1.29, 1.82) is 0 Å². The number of hydrogen-bond acceptors (Lipinski definition) is 3. The first-order chi connectivity index (χ1) is 17.2. The number of piperazine rings is 1. The van der Waals surface area contributed by atoms with Crippen LogP contribution < -0.4 is 10.2 Å². The molecule has 0 aromatic heterocycles. The van der Waals surface area contributed by atoms with Crippen molar-refractivity contribution in [2.45, 2.75) is 112 Å². The highest BCUT2D eigenvalue weighted by Crippen LogP contribution is 2.27. The highest BCUT2D eigenvalue weighted by atomic mass is 16.2. The van der Waals surface area contributed by atoms with Crippen LogP contribution in [-0.2, 0) is 9.59 Å². The molecule has 1 unspecified atom stereocenters. The molecule has 0 saturated carbocycles. The van der Waals surface area contributed by atoms with Crippen LogP contribution in [0.2, 0.25) is 0 Å². The van der Waals surface area contributed by atoms with Gasteiger partial charge in [-0.05, 0) is 48.4 Å². The van der Waals surface area contributed by atoms with Gasteiger partial charge in [-0.1, -0.05) is 86.0 Å². The molecule has 2 amide bonds. The van der Waals surface area contributed by atoms with Gasteiger partial charge >= 0.3 is 0 Å². The number of carbonyl (C=O) groups excluding carboxylic acids is 2. The SMILES string of the molecule is CCCCCCCCCCCC(=O)Nc1ccc(N2CCN(C(=O)CC(C)CC(C)(C)C)CC2)cc1. The number of unbranched alkanes of at least 4 members (excludes halogenated alkanes) is 8. The van der Waals surface area contributed by atoms with E-state index in [0.29, 0.717) is 18.8 Å². The number of rotatable bonds is 15. The Morgan fingerprint density at radius 3 is 1.97 bits per heavy atom. The molecule has 1 fully saturated rings. The van der Waals surface area contributed by atoms with Crippen LogP contribution in [0.5, 0.6) is 0 Å². The van der Waals surface area contributed by atoms with Gasteiger partial charge in [-0.25, -0.2) is 0 Å². The van der Waals surface area contributed by atoms with E-state index in [2.05, 4.69) is 57.0 Å². The van der Waals surface area contributed by atoms with Crippen molar-refractivity contribution >= 4 is 23.2 Å². The molecule has 0 bridgehead atoms. The lowest BCUT2D eigenvalue weighted by Crippen LogP contribution is -2.49. The van der Waals surface area contributed by atoms with E-state index in [0.717, 1.165) is 56.8 Å². The zero-order valence-electron chi connectivity index (χ0n) is 23.9. The van der Waals surface area contributed by atoms with Crippen molar-refractivity contribution < 1.29 is 9.59 Å². The lowest BCUT2D eigenvalue weighted by molar-refractivity contribution is -0.132. The summed E-state index contributed by atoms with van der Waals surface area (Å²) in [7, 11) is 0. The molecule has 1 N–H and O–H groups in total. The summed E-state index contributed by atoms with van der Waals surface area (Å²) < 4.78 is 0. The molecule has 204 valence electrons. The molecule has 36 heavy (non-hydrogen) atoms. The van der Waals surface area contributed by atoms with Crippen LogP contribution in [0.1, 0.15) is 112 Å². The monoisotopic (exact) mass is 499 g/mol. The van der Waals surface area contributed by atoms with Gasteiger partial charge in [0.2, 0.25) is 11.8 Å². The molecular formula is C31H53N3O2. The molecule has 1 aliphatic rings. The standard InChI is InChI=1S/C31H53N3O2/c1-6-7-8-9-10-11-12-13-14-15-29(35)32-27-16-18-28(19-17-27)33-20-22-34(23-21-33)30(36)24-26(2)25-31(3,4)5/h16-19,26H,6-15,20-25H2,1-5H3,(H,32,35). The highest BCUT2D eigenvalue weighted by Gasteiger charge is 2.24. The maximum absolute atomic E-state index is 12.7. The number of nitrogens with one attached hydrogen (secondary N) is 1. The molecule has 1 aromatic rings. The molecule has 1 atom stereocenters. The van der Waals surface area contributed by atoms with Crippen LogP contribution in [0.3, 0.4) is 0 Å². The van der Waals surface area contributed by atoms with Crippen LogP contribution in [0.4, 0.5) is 11.4 Å². The largest absolute Gasteiger partial charge is 0.368 e. The number of amides is 2. The maximum atomic E-state index is 12.7. The maximum Gasteiger partial charge on any atom is 0.224 e. The topological polar surface area (TPSA) is 52.7 Å². The van der Waals surface area contributed by atoms with Crippen molar-refractivity contribution in [2.24, 2.45) is 11.3 Å². The molecule has 1 aromatic carbocycles. The summed E-state index contributed by atoms with van der Waals surface area (Å²) in [5.41, 5.74) is 2.28. The Morgan fingerprint density at radius 1 is 0.861 bits per heavy atom. The minimum atomic E-state index is 0.110. The average Bonchev–Trinajstić information content (AvgIpc) is 2.82. The summed E-state index contributed by atoms with van der Waals surface area (Å²) in [6.07, 6.45) is 13.7. The molecule has 5 nitrogen and oxygen atoms in total. The van der Waals surface area contributed by atoms with Crippen molar-refractivity contribution in [1.82, 2.24) is 4.90 Å². The normalized spacial score (nSPS) is 15.1. The second-order valence-electron chi connectivity index (χ2n) is 12.1. The number of carbonyl (C=O) groups is 2. The smallest absolute Gasteiger partial charge is 0.224 e. The van der Waals surface area contributed by atoms with E-state index >= 15 is 0 Å². The lowest BCUT2D eigenvalue weighted by Gasteiger charge is -2.37. The predicted octanol–water partition coefficient (Wildman–Crippen LogP) is 7.66. The fourth-order valence-electron chi connectivity index (χ4n) is 5.33. The second kappa shape index (κ2) is 15.9. The summed E-state index contributed by atoms with van der Waals surface area (Å²) >= 11 is 0. The van der Waals surface area contributed by atoms with Gasteiger partial charge in [0.1, 0.15) is 0 Å². The Labute approximate surface area is 221 Å². The third-order valence-electron chi connectivity index (χ3n) is 7.14. The lowest BCUT2D eigenvalue weighted by atomic mass is 9.84. The van der Waals surface area contributed by atoms with Crippen LogP contribution >= 0.6 is 0 Å². The Morgan fingerprint density at radius 2 is 1.42 bits per heavy atom. The first-order valence-electron chi connectivity index (χ1n) is 14.6. The molecule has 1 heterocycles. The number of benzene rings is 1. The van der Waals surface area contributed by atoms with Crippen molar-refractivity contribution in [3.8, 4) is 0 Å². The van der Waals surface area contributed by atoms with Crippen LogP contribution in [-0.4, -0.2) is 42.9 Å². The van der Waals surface area contributed by atoms with Gasteiger partial charge in [-0.3, -0.25) is 9.59 Å². The molecule has 1 saturated heterocycles. The van der Waals surface area contributed by atoms with E-state index in [1.807, 2.05) is 17.0 Å². The van der Waals surface area contributed by atoms with Crippen LogP contribution in [0.15, 0.2) is 24.3 Å². The summed E-state index contributed by atoms with van der Waals surface area (Å²) in [6, 6.07) is 8.15. The van der Waals surface area contributed by atoms with E-state index in [1.54, 1.807) is 0 Å². The molecule has 0 radical (unpaired) electrons. The van der Waals surface area contributed by atoms with Crippen molar-refractivity contribution in [3.05, 3.63) is 24.3 Å². The van der Waals surface area contributed by atoms with E-state index < -0.39 is 0 Å². The number of nitrogens with zero attached hydrogens (tertiary/aromatic N) is 2. The zero-order chi connectivity index (χ0) is 26.4. The number of hydrogen-bond donors (Lipinski definition) is 1. The Kier molecular flexibility index (Phi) is 13.4. The van der Waals surface area contributed by atoms with Gasteiger partial charge in [-0.15, -0.1) is 0 Å². The highest BCUT2D eigenvalue weighted by molar-refractivity contribution is 5.90. The third kappa shape index (κ3) is 12.3. The van der Waals surface area contributed by atoms with E-state index in [-0.39, 0.29) is 17.2 Å². The molecular weight excluding hydrogens is 446 g/mol. The van der Waals surface area contributed by atoms with Gasteiger partial charge in [0, 0.05) is 50.4 Å². The van der Waals surface area contributed by atoms with Gasteiger partial charge < -0.3 is 15.1 Å². The van der Waals surface area contributed by atoms with Crippen molar-refractivity contribution in [2.75, 3.05) is 36.4 Å². The summed E-state index contributed by atoms with van der Waals surface area (Å²) in [5, 5.41) is 3.04. The first-order valence-corrected chi connectivity index (χ1v) is 14.6. The minimum Gasteiger partial charge on any atom is -0.368 e. The average molecular weight is 500 g/mol. The summed E-state index contributed by atoms with van der Waals surface area (Å²) in [6.45, 7) is 14.4. The minimum absolute atomic E-state index is 0.110. The van der Waals surface area contributed by atoms with Gasteiger partial charge in [-0.2, -0.15) is 0 Å². The zero-order valence-corrected chi connectivity index (χ0v) is 23.9. The van der Waals surface area contributed by atoms with Crippen LogP contribution in [0.25, 0.3) is 0 Å². The Balaban J connectivity index is 1.63. The second-order valence-corrected chi connectivity index (χ2v) is 12.1. The Bertz CT molecular complexity index is 761. The molecule has 0 aliphatic carbocycles. The molecule has 1 aliphatic heterocycles. The van der Waals surface area contributed by atoms with E-state index in [4.69, 9.17) is 0 Å². The molecule has 5 heteroatoms. The fraction of sp³-hybridized carbons (Fsp3) is 0.742. The van der Waals surface area contributed by atoms with Gasteiger partial charge in [0.15, 0.2) is 0 Å².